The Morgan fingerprint density at radius 3 is 2.95 bits per heavy atom. The Morgan fingerprint density at radius 2 is 2.21 bits per heavy atom. The lowest BCUT2D eigenvalue weighted by atomic mass is 10.2. The first-order valence-electron chi connectivity index (χ1n) is 5.85. The highest BCUT2D eigenvalue weighted by atomic mass is 79.9. The number of rotatable bonds is 3. The van der Waals surface area contributed by atoms with Gasteiger partial charge in [-0.2, -0.15) is 0 Å². The van der Waals surface area contributed by atoms with Gasteiger partial charge >= 0.3 is 0 Å². The van der Waals surface area contributed by atoms with Crippen LogP contribution in [-0.4, -0.2) is 10.1 Å². The lowest BCUT2D eigenvalue weighted by Gasteiger charge is -2.00. The lowest BCUT2D eigenvalue weighted by molar-refractivity contribution is 0.392. The van der Waals surface area contributed by atoms with Crippen molar-refractivity contribution in [3.8, 4) is 0 Å². The quantitative estimate of drug-likeness (QED) is 0.775. The van der Waals surface area contributed by atoms with Crippen molar-refractivity contribution in [1.29, 1.82) is 0 Å². The van der Waals surface area contributed by atoms with E-state index in [0.29, 0.717) is 6.54 Å². The van der Waals surface area contributed by atoms with Crippen LogP contribution in [0.2, 0.25) is 0 Å². The first kappa shape index (κ1) is 12.6. The van der Waals surface area contributed by atoms with Gasteiger partial charge in [-0.3, -0.25) is 0 Å². The number of hydrogen-bond acceptors (Lipinski definition) is 5. The molecule has 3 aromatic rings. The second kappa shape index (κ2) is 4.94. The van der Waals surface area contributed by atoms with E-state index in [1.807, 2.05) is 26.0 Å². The summed E-state index contributed by atoms with van der Waals surface area (Å²) in [6.07, 6.45) is 0. The molecule has 0 aliphatic rings. The summed E-state index contributed by atoms with van der Waals surface area (Å²) in [5, 5.41) is 8.18. The van der Waals surface area contributed by atoms with Crippen molar-refractivity contribution in [2.45, 2.75) is 20.4 Å². The van der Waals surface area contributed by atoms with Crippen LogP contribution in [0, 0.1) is 13.8 Å². The van der Waals surface area contributed by atoms with E-state index in [-0.39, 0.29) is 0 Å². The number of hydrogen-bond donors (Lipinski definition) is 1. The Balaban J connectivity index is 1.82. The van der Waals surface area contributed by atoms with E-state index in [0.717, 1.165) is 36.8 Å². The van der Waals surface area contributed by atoms with Gasteiger partial charge in [-0.1, -0.05) is 32.4 Å². The van der Waals surface area contributed by atoms with E-state index >= 15 is 0 Å². The molecule has 0 aliphatic carbocycles. The predicted octanol–water partition coefficient (Wildman–Crippen LogP) is 4.28. The van der Waals surface area contributed by atoms with Crippen LogP contribution >= 0.6 is 27.3 Å². The van der Waals surface area contributed by atoms with Gasteiger partial charge in [0.05, 0.1) is 15.9 Å². The van der Waals surface area contributed by atoms with E-state index < -0.39 is 0 Å². The molecule has 2 heterocycles. The number of anilines is 1. The third-order valence-corrected chi connectivity index (χ3v) is 4.42. The minimum Gasteiger partial charge on any atom is -0.361 e. The topological polar surface area (TPSA) is 51.0 Å². The van der Waals surface area contributed by atoms with Gasteiger partial charge in [-0.25, -0.2) is 4.98 Å². The van der Waals surface area contributed by atoms with Gasteiger partial charge in [0.25, 0.3) is 0 Å². The molecule has 3 rings (SSSR count). The maximum atomic E-state index is 5.15. The molecule has 0 saturated heterocycles. The Labute approximate surface area is 123 Å². The lowest BCUT2D eigenvalue weighted by Crippen LogP contribution is -2.00. The van der Waals surface area contributed by atoms with E-state index in [1.54, 1.807) is 11.3 Å². The Morgan fingerprint density at radius 1 is 1.37 bits per heavy atom. The van der Waals surface area contributed by atoms with Crippen LogP contribution < -0.4 is 5.32 Å². The van der Waals surface area contributed by atoms with Crippen LogP contribution in [0.15, 0.2) is 27.2 Å². The average molecular weight is 338 g/mol. The summed E-state index contributed by atoms with van der Waals surface area (Å²) < 4.78 is 7.38. The zero-order chi connectivity index (χ0) is 13.4. The van der Waals surface area contributed by atoms with Crippen molar-refractivity contribution in [1.82, 2.24) is 10.1 Å². The Kier molecular flexibility index (Phi) is 3.28. The summed E-state index contributed by atoms with van der Waals surface area (Å²) in [5.41, 5.74) is 3.03. The van der Waals surface area contributed by atoms with Crippen molar-refractivity contribution in [3.63, 3.8) is 0 Å². The fourth-order valence-electron chi connectivity index (χ4n) is 1.89. The second-order valence-corrected chi connectivity index (χ2v) is 6.23. The van der Waals surface area contributed by atoms with Crippen LogP contribution in [-0.2, 0) is 6.54 Å². The molecule has 4 nitrogen and oxygen atoms in total. The van der Waals surface area contributed by atoms with E-state index in [2.05, 4.69) is 37.5 Å². The minimum atomic E-state index is 0.683. The third-order valence-electron chi connectivity index (χ3n) is 2.95. The third kappa shape index (κ3) is 2.50. The number of benzene rings is 1. The summed E-state index contributed by atoms with van der Waals surface area (Å²) in [7, 11) is 0. The molecule has 19 heavy (non-hydrogen) atoms. The molecule has 2 aromatic heterocycles. The SMILES string of the molecule is Cc1noc(C)c1CNc1nc2ccc(Br)cc2s1. The molecule has 0 unspecified atom stereocenters. The molecular formula is C13H12BrN3OS. The van der Waals surface area contributed by atoms with E-state index in [4.69, 9.17) is 4.52 Å². The number of aromatic nitrogens is 2. The summed E-state index contributed by atoms with van der Waals surface area (Å²) in [4.78, 5) is 4.55. The van der Waals surface area contributed by atoms with E-state index in [9.17, 15) is 0 Å². The van der Waals surface area contributed by atoms with Crippen molar-refractivity contribution in [2.75, 3.05) is 5.32 Å². The molecule has 0 atom stereocenters. The smallest absolute Gasteiger partial charge is 0.184 e. The summed E-state index contributed by atoms with van der Waals surface area (Å²) >= 11 is 5.11. The second-order valence-electron chi connectivity index (χ2n) is 4.29. The summed E-state index contributed by atoms with van der Waals surface area (Å²) in [5.74, 6) is 0.855. The van der Waals surface area contributed by atoms with E-state index in [1.165, 1.54) is 0 Å². The fraction of sp³-hybridized carbons (Fsp3) is 0.231. The van der Waals surface area contributed by atoms with Gasteiger partial charge < -0.3 is 9.84 Å². The maximum Gasteiger partial charge on any atom is 0.184 e. The van der Waals surface area contributed by atoms with Crippen LogP contribution in [0.4, 0.5) is 5.13 Å². The highest BCUT2D eigenvalue weighted by Gasteiger charge is 2.10. The van der Waals surface area contributed by atoms with Gasteiger partial charge in [0, 0.05) is 16.6 Å². The van der Waals surface area contributed by atoms with Crippen LogP contribution in [0.1, 0.15) is 17.0 Å². The number of thiazole rings is 1. The number of fused-ring (bicyclic) bond motifs is 1. The van der Waals surface area contributed by atoms with Crippen LogP contribution in [0.3, 0.4) is 0 Å². The Hall–Kier alpha value is -1.40. The van der Waals surface area contributed by atoms with Gasteiger partial charge in [0.1, 0.15) is 5.76 Å². The van der Waals surface area contributed by atoms with Crippen molar-refractivity contribution in [2.24, 2.45) is 0 Å². The van der Waals surface area contributed by atoms with Gasteiger partial charge in [0.2, 0.25) is 0 Å². The standard InChI is InChI=1S/C13H12BrN3OS/c1-7-10(8(2)18-17-7)6-15-13-16-11-4-3-9(14)5-12(11)19-13/h3-5H,6H2,1-2H3,(H,15,16). The molecule has 6 heteroatoms. The monoisotopic (exact) mass is 337 g/mol. The van der Waals surface area contributed by atoms with Crippen molar-refractivity contribution < 1.29 is 4.52 Å². The molecule has 0 spiro atoms. The molecular weight excluding hydrogens is 326 g/mol. The van der Waals surface area contributed by atoms with Crippen LogP contribution in [0.5, 0.6) is 0 Å². The fourth-order valence-corrected chi connectivity index (χ4v) is 3.31. The minimum absolute atomic E-state index is 0.683. The van der Waals surface area contributed by atoms with Crippen LogP contribution in [0.25, 0.3) is 10.2 Å². The molecule has 0 radical (unpaired) electrons. The zero-order valence-electron chi connectivity index (χ0n) is 10.5. The molecule has 0 bridgehead atoms. The summed E-state index contributed by atoms with van der Waals surface area (Å²) in [6, 6.07) is 6.09. The first-order chi connectivity index (χ1) is 9.13. The normalized spacial score (nSPS) is 11.1. The highest BCUT2D eigenvalue weighted by Crippen LogP contribution is 2.29. The molecule has 0 aliphatic heterocycles. The van der Waals surface area contributed by atoms with Gasteiger partial charge in [-0.15, -0.1) is 0 Å². The van der Waals surface area contributed by atoms with Crippen molar-refractivity contribution >= 4 is 42.6 Å². The predicted molar refractivity (Wildman–Crippen MR) is 80.6 cm³/mol. The summed E-state index contributed by atoms with van der Waals surface area (Å²) in [6.45, 7) is 4.55. The maximum absolute atomic E-state index is 5.15. The molecule has 98 valence electrons. The number of nitrogens with zero attached hydrogens (tertiary/aromatic N) is 2. The number of halogens is 1. The van der Waals surface area contributed by atoms with Gasteiger partial charge in [-0.05, 0) is 32.0 Å². The number of nitrogens with one attached hydrogen (secondary N) is 1. The largest absolute Gasteiger partial charge is 0.361 e. The van der Waals surface area contributed by atoms with Crippen molar-refractivity contribution in [3.05, 3.63) is 39.7 Å². The highest BCUT2D eigenvalue weighted by molar-refractivity contribution is 9.10. The molecule has 1 N–H and O–H groups in total. The molecule has 0 saturated carbocycles. The first-order valence-corrected chi connectivity index (χ1v) is 7.46. The molecule has 1 aromatic carbocycles. The molecule has 0 amide bonds. The average Bonchev–Trinajstić information content (AvgIpc) is 2.91. The van der Waals surface area contributed by atoms with Gasteiger partial charge in [0.15, 0.2) is 5.13 Å². The number of aryl methyl sites for hydroxylation is 2. The molecule has 0 fully saturated rings. The Bertz CT molecular complexity index is 715. The zero-order valence-corrected chi connectivity index (χ0v) is 12.9.